The molecule has 124 valence electrons. The molecule has 4 nitrogen and oxygen atoms in total. The van der Waals surface area contributed by atoms with Crippen LogP contribution in [0, 0.1) is 13.8 Å². The lowest BCUT2D eigenvalue weighted by atomic mass is 9.96. The van der Waals surface area contributed by atoms with Crippen LogP contribution < -0.4 is 0 Å². The van der Waals surface area contributed by atoms with Crippen molar-refractivity contribution in [1.29, 1.82) is 0 Å². The van der Waals surface area contributed by atoms with E-state index in [1.807, 2.05) is 70.7 Å². The normalized spacial score (nSPS) is 13.7. The number of nitrogens with zero attached hydrogens (tertiary/aromatic N) is 3. The van der Waals surface area contributed by atoms with E-state index in [0.717, 1.165) is 22.5 Å². The molecule has 0 spiro atoms. The predicted octanol–water partition coefficient (Wildman–Crippen LogP) is 4.01. The Kier molecular flexibility index (Phi) is 5.15. The molecule has 0 unspecified atom stereocenters. The summed E-state index contributed by atoms with van der Waals surface area (Å²) in [6.45, 7) is 7.93. The zero-order chi connectivity index (χ0) is 17.3. The van der Waals surface area contributed by atoms with Crippen LogP contribution in [0.3, 0.4) is 0 Å². The van der Waals surface area contributed by atoms with Crippen LogP contribution in [0.4, 0.5) is 0 Å². The van der Waals surface area contributed by atoms with Gasteiger partial charge >= 0.3 is 0 Å². The van der Waals surface area contributed by atoms with Gasteiger partial charge in [-0.3, -0.25) is 9.48 Å². The summed E-state index contributed by atoms with van der Waals surface area (Å²) in [5.41, 5.74) is 4.04. The molecule has 1 aromatic carbocycles. The van der Waals surface area contributed by atoms with Crippen LogP contribution in [0.1, 0.15) is 48.3 Å². The van der Waals surface area contributed by atoms with Gasteiger partial charge in [0.2, 0.25) is 5.91 Å². The van der Waals surface area contributed by atoms with E-state index in [4.69, 9.17) is 11.6 Å². The summed E-state index contributed by atoms with van der Waals surface area (Å²) in [4.78, 5) is 14.7. The van der Waals surface area contributed by atoms with Gasteiger partial charge in [0, 0.05) is 30.4 Å². The molecule has 1 aromatic heterocycles. The summed E-state index contributed by atoms with van der Waals surface area (Å²) in [6, 6.07) is 7.61. The maximum atomic E-state index is 12.9. The number of rotatable bonds is 4. The lowest BCUT2D eigenvalue weighted by Gasteiger charge is -2.28. The number of aromatic nitrogens is 2. The Morgan fingerprint density at radius 1 is 1.22 bits per heavy atom. The molecule has 0 fully saturated rings. The first-order chi connectivity index (χ1) is 10.7. The molecule has 23 heavy (non-hydrogen) atoms. The smallest absolute Gasteiger partial charge is 0.230 e. The zero-order valence-corrected chi connectivity index (χ0v) is 15.3. The highest BCUT2D eigenvalue weighted by molar-refractivity contribution is 6.30. The van der Waals surface area contributed by atoms with E-state index in [0.29, 0.717) is 5.02 Å². The third kappa shape index (κ3) is 3.42. The number of carbonyl (C=O) groups excluding carboxylic acids is 1. The molecule has 0 bridgehead atoms. The fraction of sp³-hybridized carbons (Fsp3) is 0.444. The average Bonchev–Trinajstić information content (AvgIpc) is 2.78. The van der Waals surface area contributed by atoms with Gasteiger partial charge in [-0.1, -0.05) is 23.7 Å². The second-order valence-electron chi connectivity index (χ2n) is 6.11. The molecular weight excluding hydrogens is 310 g/mol. The Morgan fingerprint density at radius 2 is 1.78 bits per heavy atom. The Balaban J connectivity index is 2.23. The molecule has 2 rings (SSSR count). The maximum absolute atomic E-state index is 12.9. The van der Waals surface area contributed by atoms with Gasteiger partial charge in [-0.15, -0.1) is 0 Å². The second-order valence-corrected chi connectivity index (χ2v) is 6.54. The number of likely N-dealkylation sites (N-methyl/N-ethyl adjacent to an activating group) is 1. The third-order valence-electron chi connectivity index (χ3n) is 4.65. The first kappa shape index (κ1) is 17.5. The second kappa shape index (κ2) is 6.75. The van der Waals surface area contributed by atoms with Crippen molar-refractivity contribution >= 4 is 17.5 Å². The molecule has 2 aromatic rings. The minimum atomic E-state index is -0.219. The van der Waals surface area contributed by atoms with Crippen molar-refractivity contribution in [1.82, 2.24) is 14.7 Å². The molecule has 0 aliphatic carbocycles. The zero-order valence-electron chi connectivity index (χ0n) is 14.6. The van der Waals surface area contributed by atoms with Gasteiger partial charge < -0.3 is 4.90 Å². The Morgan fingerprint density at radius 3 is 2.26 bits per heavy atom. The van der Waals surface area contributed by atoms with Crippen LogP contribution in [0.5, 0.6) is 0 Å². The van der Waals surface area contributed by atoms with E-state index in [-0.39, 0.29) is 17.9 Å². The number of aryl methyl sites for hydroxylation is 2. The topological polar surface area (TPSA) is 38.1 Å². The summed E-state index contributed by atoms with van der Waals surface area (Å²) in [7, 11) is 3.75. The minimum absolute atomic E-state index is 0.0144. The summed E-state index contributed by atoms with van der Waals surface area (Å²) < 4.78 is 1.83. The summed E-state index contributed by atoms with van der Waals surface area (Å²) in [6.07, 6.45) is 0. The van der Waals surface area contributed by atoms with Gasteiger partial charge in [-0.25, -0.2) is 0 Å². The van der Waals surface area contributed by atoms with Crippen molar-refractivity contribution in [2.24, 2.45) is 7.05 Å². The predicted molar refractivity (Wildman–Crippen MR) is 93.7 cm³/mol. The van der Waals surface area contributed by atoms with Gasteiger partial charge in [0.05, 0.1) is 17.7 Å². The van der Waals surface area contributed by atoms with Crippen LogP contribution in [0.2, 0.25) is 5.02 Å². The van der Waals surface area contributed by atoms with Gasteiger partial charge in [-0.05, 0) is 45.4 Å². The first-order valence-electron chi connectivity index (χ1n) is 7.76. The van der Waals surface area contributed by atoms with Crippen LogP contribution in [-0.4, -0.2) is 27.6 Å². The van der Waals surface area contributed by atoms with Crippen LogP contribution >= 0.6 is 11.6 Å². The number of hydrogen-bond acceptors (Lipinski definition) is 2. The average molecular weight is 334 g/mol. The molecule has 1 amide bonds. The van der Waals surface area contributed by atoms with Crippen molar-refractivity contribution in [3.63, 3.8) is 0 Å². The molecule has 2 atom stereocenters. The van der Waals surface area contributed by atoms with Crippen molar-refractivity contribution < 1.29 is 4.79 Å². The van der Waals surface area contributed by atoms with Crippen molar-refractivity contribution in [3.05, 3.63) is 51.8 Å². The molecule has 5 heteroatoms. The van der Waals surface area contributed by atoms with Crippen molar-refractivity contribution in [3.8, 4) is 0 Å². The first-order valence-corrected chi connectivity index (χ1v) is 8.14. The van der Waals surface area contributed by atoms with E-state index in [1.54, 1.807) is 4.90 Å². The molecule has 1 heterocycles. The maximum Gasteiger partial charge on any atom is 0.230 e. The Labute approximate surface area is 143 Å². The Hall–Kier alpha value is -1.81. The lowest BCUT2D eigenvalue weighted by Crippen LogP contribution is -2.33. The number of hydrogen-bond donors (Lipinski definition) is 0. The molecule has 0 saturated carbocycles. The standard InChI is InChI=1S/C18H24ClN3O/c1-11(17-12(2)20-22(6)14(17)4)18(23)21(5)13(3)15-7-9-16(19)10-8-15/h7-11,13H,1-6H3/t11-,13+/m0/s1. The van der Waals surface area contributed by atoms with Crippen LogP contribution in [0.25, 0.3) is 0 Å². The van der Waals surface area contributed by atoms with E-state index in [1.165, 1.54) is 0 Å². The lowest BCUT2D eigenvalue weighted by molar-refractivity contribution is -0.133. The summed E-state index contributed by atoms with van der Waals surface area (Å²) in [5, 5.41) is 5.12. The number of benzene rings is 1. The van der Waals surface area contributed by atoms with E-state index in [9.17, 15) is 4.79 Å². The minimum Gasteiger partial charge on any atom is -0.338 e. The van der Waals surface area contributed by atoms with Crippen molar-refractivity contribution in [2.75, 3.05) is 7.05 Å². The van der Waals surface area contributed by atoms with Gasteiger partial charge in [0.15, 0.2) is 0 Å². The fourth-order valence-corrected chi connectivity index (χ4v) is 3.13. The highest BCUT2D eigenvalue weighted by atomic mass is 35.5. The molecule has 0 saturated heterocycles. The van der Waals surface area contributed by atoms with Gasteiger partial charge in [0.1, 0.15) is 0 Å². The molecule has 0 radical (unpaired) electrons. The molecule has 0 N–H and O–H groups in total. The van der Waals surface area contributed by atoms with Crippen LogP contribution in [-0.2, 0) is 11.8 Å². The largest absolute Gasteiger partial charge is 0.338 e. The van der Waals surface area contributed by atoms with Gasteiger partial charge in [0.25, 0.3) is 0 Å². The third-order valence-corrected chi connectivity index (χ3v) is 4.90. The highest BCUT2D eigenvalue weighted by Gasteiger charge is 2.27. The number of carbonyl (C=O) groups is 1. The van der Waals surface area contributed by atoms with Gasteiger partial charge in [-0.2, -0.15) is 5.10 Å². The van der Waals surface area contributed by atoms with Crippen molar-refractivity contribution in [2.45, 2.75) is 39.7 Å². The SMILES string of the molecule is Cc1nn(C)c(C)c1[C@H](C)C(=O)N(C)[C@H](C)c1ccc(Cl)cc1. The quantitative estimate of drug-likeness (QED) is 0.847. The molecule has 0 aliphatic heterocycles. The number of halogens is 1. The van der Waals surface area contributed by atoms with Crippen LogP contribution in [0.15, 0.2) is 24.3 Å². The monoisotopic (exact) mass is 333 g/mol. The molecular formula is C18H24ClN3O. The Bertz CT molecular complexity index is 706. The number of amides is 1. The molecule has 0 aliphatic rings. The van der Waals surface area contributed by atoms with E-state index in [2.05, 4.69) is 5.10 Å². The fourth-order valence-electron chi connectivity index (χ4n) is 3.00. The summed E-state index contributed by atoms with van der Waals surface area (Å²) in [5.74, 6) is -0.130. The van der Waals surface area contributed by atoms with E-state index >= 15 is 0 Å². The highest BCUT2D eigenvalue weighted by Crippen LogP contribution is 2.28. The van der Waals surface area contributed by atoms with E-state index < -0.39 is 0 Å². The summed E-state index contributed by atoms with van der Waals surface area (Å²) >= 11 is 5.94.